The quantitative estimate of drug-likeness (QED) is 0.923. The number of anilines is 1. The maximum atomic E-state index is 14.1. The molecule has 3 atom stereocenters. The molecule has 1 aromatic rings. The van der Waals surface area contributed by atoms with Gasteiger partial charge in [0.2, 0.25) is 0 Å². The van der Waals surface area contributed by atoms with Crippen LogP contribution in [-0.2, 0) is 0 Å². The molecule has 0 aromatic heterocycles. The molecule has 0 amide bonds. The lowest BCUT2D eigenvalue weighted by Gasteiger charge is -2.38. The number of benzene rings is 1. The number of likely N-dealkylation sites (N-methyl/N-ethyl adjacent to an activating group) is 1. The van der Waals surface area contributed by atoms with E-state index in [2.05, 4.69) is 16.8 Å². The molecular formula is C17H24ClFN2O. The first kappa shape index (κ1) is 16.0. The first-order valence-electron chi connectivity index (χ1n) is 8.16. The van der Waals surface area contributed by atoms with Crippen LogP contribution in [0.25, 0.3) is 0 Å². The Labute approximate surface area is 136 Å². The zero-order valence-electron chi connectivity index (χ0n) is 13.0. The van der Waals surface area contributed by atoms with E-state index >= 15 is 0 Å². The number of aliphatic hydroxyl groups excluding tert-OH is 1. The summed E-state index contributed by atoms with van der Waals surface area (Å²) < 4.78 is 14.1. The number of hydrogen-bond donors (Lipinski definition) is 1. The van der Waals surface area contributed by atoms with Crippen molar-refractivity contribution >= 4 is 17.3 Å². The zero-order valence-corrected chi connectivity index (χ0v) is 13.8. The third-order valence-corrected chi connectivity index (χ3v) is 5.44. The Morgan fingerprint density at radius 2 is 2.05 bits per heavy atom. The fourth-order valence-corrected chi connectivity index (χ4v) is 4.03. The van der Waals surface area contributed by atoms with Crippen molar-refractivity contribution in [2.75, 3.05) is 25.0 Å². The van der Waals surface area contributed by atoms with E-state index in [1.165, 1.54) is 12.5 Å². The predicted molar refractivity (Wildman–Crippen MR) is 88.1 cm³/mol. The highest BCUT2D eigenvalue weighted by molar-refractivity contribution is 6.30. The third-order valence-electron chi connectivity index (χ3n) is 5.21. The highest BCUT2D eigenvalue weighted by atomic mass is 35.5. The van der Waals surface area contributed by atoms with Crippen LogP contribution in [0.4, 0.5) is 10.1 Å². The number of nitrogens with zero attached hydrogens (tertiary/aromatic N) is 2. The van der Waals surface area contributed by atoms with Crippen LogP contribution in [0.2, 0.25) is 5.02 Å². The fraction of sp³-hybridized carbons (Fsp3) is 0.647. The average molecular weight is 327 g/mol. The number of hydrogen-bond acceptors (Lipinski definition) is 3. The van der Waals surface area contributed by atoms with Gasteiger partial charge >= 0.3 is 0 Å². The van der Waals surface area contributed by atoms with Crippen LogP contribution in [0.1, 0.15) is 32.1 Å². The SMILES string of the molecule is CN([C@@H]1CCN(c2ccc(Cl)cc2F)C1)[C@@H]1CCCC[C@H]1O. The summed E-state index contributed by atoms with van der Waals surface area (Å²) >= 11 is 5.83. The molecule has 0 radical (unpaired) electrons. The molecule has 1 aromatic carbocycles. The van der Waals surface area contributed by atoms with Crippen LogP contribution < -0.4 is 4.90 Å². The van der Waals surface area contributed by atoms with Crippen LogP contribution in [0.3, 0.4) is 0 Å². The van der Waals surface area contributed by atoms with Gasteiger partial charge in [0.15, 0.2) is 0 Å². The summed E-state index contributed by atoms with van der Waals surface area (Å²) in [6, 6.07) is 5.48. The van der Waals surface area contributed by atoms with Gasteiger partial charge in [0, 0.05) is 30.2 Å². The first-order chi connectivity index (χ1) is 10.6. The largest absolute Gasteiger partial charge is 0.391 e. The van der Waals surface area contributed by atoms with Crippen molar-refractivity contribution in [2.24, 2.45) is 0 Å². The van der Waals surface area contributed by atoms with E-state index in [-0.39, 0.29) is 18.0 Å². The standard InChI is InChI=1S/C17H24ClFN2O/c1-20(16-4-2-3-5-17(16)22)13-8-9-21(11-13)15-7-6-12(18)10-14(15)19/h6-7,10,13,16-17,22H,2-5,8-9,11H2,1H3/t13-,16-,17-/m1/s1. The molecule has 1 aliphatic carbocycles. The Bertz CT molecular complexity index is 527. The highest BCUT2D eigenvalue weighted by Gasteiger charge is 2.34. The molecule has 1 saturated heterocycles. The molecule has 1 N–H and O–H groups in total. The van der Waals surface area contributed by atoms with Crippen LogP contribution in [0.5, 0.6) is 0 Å². The lowest BCUT2D eigenvalue weighted by atomic mass is 9.90. The van der Waals surface area contributed by atoms with Crippen LogP contribution >= 0.6 is 11.6 Å². The molecule has 0 bridgehead atoms. The Morgan fingerprint density at radius 1 is 1.27 bits per heavy atom. The van der Waals surface area contributed by atoms with E-state index in [0.29, 0.717) is 16.8 Å². The summed E-state index contributed by atoms with van der Waals surface area (Å²) in [5.41, 5.74) is 0.629. The summed E-state index contributed by atoms with van der Waals surface area (Å²) in [5.74, 6) is -0.256. The van der Waals surface area contributed by atoms with E-state index in [4.69, 9.17) is 11.6 Å². The van der Waals surface area contributed by atoms with Gasteiger partial charge < -0.3 is 10.0 Å². The van der Waals surface area contributed by atoms with E-state index < -0.39 is 0 Å². The predicted octanol–water partition coefficient (Wildman–Crippen LogP) is 3.29. The molecular weight excluding hydrogens is 303 g/mol. The Kier molecular flexibility index (Phi) is 4.91. The molecule has 1 aliphatic heterocycles. The van der Waals surface area contributed by atoms with Crippen molar-refractivity contribution in [2.45, 2.75) is 50.3 Å². The second-order valence-corrected chi connectivity index (χ2v) is 7.01. The fourth-order valence-electron chi connectivity index (χ4n) is 3.87. The van der Waals surface area contributed by atoms with Gasteiger partial charge in [-0.05, 0) is 44.5 Å². The van der Waals surface area contributed by atoms with Gasteiger partial charge in [0.1, 0.15) is 5.82 Å². The molecule has 2 fully saturated rings. The summed E-state index contributed by atoms with van der Waals surface area (Å²) in [6.07, 6.45) is 5.05. The van der Waals surface area contributed by atoms with Crippen LogP contribution in [0, 0.1) is 5.82 Å². The van der Waals surface area contributed by atoms with Gasteiger partial charge in [-0.2, -0.15) is 0 Å². The summed E-state index contributed by atoms with van der Waals surface area (Å²) in [5, 5.41) is 10.7. The Balaban J connectivity index is 1.66. The normalized spacial score (nSPS) is 29.3. The molecule has 3 nitrogen and oxygen atoms in total. The molecule has 1 saturated carbocycles. The molecule has 0 unspecified atom stereocenters. The molecule has 122 valence electrons. The van der Waals surface area contributed by atoms with E-state index in [9.17, 15) is 9.50 Å². The molecule has 3 rings (SSSR count). The number of rotatable bonds is 3. The van der Waals surface area contributed by atoms with Gasteiger partial charge in [-0.25, -0.2) is 4.39 Å². The van der Waals surface area contributed by atoms with Crippen molar-refractivity contribution in [3.05, 3.63) is 29.0 Å². The van der Waals surface area contributed by atoms with Crippen molar-refractivity contribution in [1.29, 1.82) is 0 Å². The zero-order chi connectivity index (χ0) is 15.7. The van der Waals surface area contributed by atoms with Gasteiger partial charge in [-0.1, -0.05) is 24.4 Å². The summed E-state index contributed by atoms with van der Waals surface area (Å²) in [6.45, 7) is 1.65. The summed E-state index contributed by atoms with van der Waals surface area (Å²) in [4.78, 5) is 4.40. The van der Waals surface area contributed by atoms with Crippen molar-refractivity contribution < 1.29 is 9.50 Å². The smallest absolute Gasteiger partial charge is 0.147 e. The van der Waals surface area contributed by atoms with Crippen molar-refractivity contribution in [3.8, 4) is 0 Å². The highest BCUT2D eigenvalue weighted by Crippen LogP contribution is 2.30. The van der Waals surface area contributed by atoms with Gasteiger partial charge in [0.05, 0.1) is 11.8 Å². The van der Waals surface area contributed by atoms with Gasteiger partial charge in [-0.3, -0.25) is 4.90 Å². The Morgan fingerprint density at radius 3 is 2.77 bits per heavy atom. The molecule has 1 heterocycles. The Hall–Kier alpha value is -0.840. The summed E-state index contributed by atoms with van der Waals surface area (Å²) in [7, 11) is 2.10. The van der Waals surface area contributed by atoms with Crippen LogP contribution in [0.15, 0.2) is 18.2 Å². The number of aliphatic hydroxyl groups is 1. The third kappa shape index (κ3) is 3.24. The maximum absolute atomic E-state index is 14.1. The van der Waals surface area contributed by atoms with Gasteiger partial charge in [-0.15, -0.1) is 0 Å². The van der Waals surface area contributed by atoms with Crippen LogP contribution in [-0.4, -0.2) is 48.3 Å². The molecule has 0 spiro atoms. The van der Waals surface area contributed by atoms with E-state index in [1.807, 2.05) is 0 Å². The average Bonchev–Trinajstić information content (AvgIpc) is 2.96. The minimum absolute atomic E-state index is 0.222. The van der Waals surface area contributed by atoms with Crippen molar-refractivity contribution in [3.63, 3.8) is 0 Å². The monoisotopic (exact) mass is 326 g/mol. The maximum Gasteiger partial charge on any atom is 0.147 e. The lowest BCUT2D eigenvalue weighted by molar-refractivity contribution is 0.0165. The lowest BCUT2D eigenvalue weighted by Crippen LogP contribution is -2.49. The minimum atomic E-state index is -0.256. The number of halogens is 2. The van der Waals surface area contributed by atoms with E-state index in [1.54, 1.807) is 12.1 Å². The topological polar surface area (TPSA) is 26.7 Å². The van der Waals surface area contributed by atoms with Gasteiger partial charge in [0.25, 0.3) is 0 Å². The van der Waals surface area contributed by atoms with Crippen molar-refractivity contribution in [1.82, 2.24) is 4.90 Å². The molecule has 22 heavy (non-hydrogen) atoms. The second kappa shape index (κ2) is 6.73. The minimum Gasteiger partial charge on any atom is -0.391 e. The second-order valence-electron chi connectivity index (χ2n) is 6.57. The first-order valence-corrected chi connectivity index (χ1v) is 8.54. The molecule has 5 heteroatoms. The van der Waals surface area contributed by atoms with E-state index in [0.717, 1.165) is 38.8 Å². The molecule has 2 aliphatic rings.